The van der Waals surface area contributed by atoms with Gasteiger partial charge in [0.15, 0.2) is 5.82 Å². The number of hydrogen-bond acceptors (Lipinski definition) is 6. The van der Waals surface area contributed by atoms with Crippen molar-refractivity contribution in [2.75, 3.05) is 10.7 Å². The number of aromatic nitrogens is 3. The number of anilines is 3. The van der Waals surface area contributed by atoms with Crippen molar-refractivity contribution in [3.8, 4) is 0 Å². The number of rotatable bonds is 3. The van der Waals surface area contributed by atoms with Crippen molar-refractivity contribution in [2.24, 2.45) is 5.84 Å². The van der Waals surface area contributed by atoms with Crippen LogP contribution >= 0.6 is 27.5 Å². The van der Waals surface area contributed by atoms with Crippen LogP contribution in [0.4, 0.5) is 17.5 Å². The molecule has 3 aromatic rings. The summed E-state index contributed by atoms with van der Waals surface area (Å²) in [5.41, 5.74) is 3.99. The Morgan fingerprint density at radius 2 is 2.05 bits per heavy atom. The summed E-state index contributed by atoms with van der Waals surface area (Å²) < 4.78 is 0.918. The molecule has 1 aromatic carbocycles. The van der Waals surface area contributed by atoms with Gasteiger partial charge in [-0.05, 0) is 28.1 Å². The van der Waals surface area contributed by atoms with Gasteiger partial charge in [0, 0.05) is 16.1 Å². The van der Waals surface area contributed by atoms with Gasteiger partial charge in [-0.25, -0.2) is 10.8 Å². The summed E-state index contributed by atoms with van der Waals surface area (Å²) in [7, 11) is 0. The fourth-order valence-corrected chi connectivity index (χ4v) is 2.37. The lowest BCUT2D eigenvalue weighted by atomic mass is 10.2. The zero-order chi connectivity index (χ0) is 14.8. The quantitative estimate of drug-likeness (QED) is 0.486. The fourth-order valence-electron chi connectivity index (χ4n) is 1.89. The molecule has 4 N–H and O–H groups in total. The number of nitrogens with one attached hydrogen (secondary N) is 2. The summed E-state index contributed by atoms with van der Waals surface area (Å²) in [4.78, 5) is 12.5. The number of nitrogen functional groups attached to an aromatic ring is 1. The third-order valence-electron chi connectivity index (χ3n) is 2.80. The maximum atomic E-state index is 6.10. The van der Waals surface area contributed by atoms with Gasteiger partial charge in [-0.2, -0.15) is 4.98 Å². The van der Waals surface area contributed by atoms with E-state index < -0.39 is 0 Å². The second-order valence-electron chi connectivity index (χ2n) is 4.19. The molecule has 6 nitrogen and oxygen atoms in total. The SMILES string of the molecule is NNc1ncc(Cl)c(Nc2cccc3cc(Br)cnc23)n1. The van der Waals surface area contributed by atoms with Crippen molar-refractivity contribution in [2.45, 2.75) is 0 Å². The first kappa shape index (κ1) is 14.0. The average molecular weight is 366 g/mol. The highest BCUT2D eigenvalue weighted by molar-refractivity contribution is 9.10. The number of nitrogens with zero attached hydrogens (tertiary/aromatic N) is 3. The van der Waals surface area contributed by atoms with Gasteiger partial charge in [0.05, 0.1) is 17.4 Å². The van der Waals surface area contributed by atoms with Crippen LogP contribution in [0.5, 0.6) is 0 Å². The van der Waals surface area contributed by atoms with Crippen molar-refractivity contribution < 1.29 is 0 Å². The molecule has 21 heavy (non-hydrogen) atoms. The second kappa shape index (κ2) is 5.80. The van der Waals surface area contributed by atoms with Crippen molar-refractivity contribution >= 4 is 55.9 Å². The molecule has 0 aliphatic carbocycles. The van der Waals surface area contributed by atoms with Crippen molar-refractivity contribution in [1.29, 1.82) is 0 Å². The molecule has 2 aromatic heterocycles. The Labute approximate surface area is 133 Å². The van der Waals surface area contributed by atoms with E-state index in [2.05, 4.69) is 41.6 Å². The van der Waals surface area contributed by atoms with Gasteiger partial charge in [0.25, 0.3) is 0 Å². The van der Waals surface area contributed by atoms with Crippen LogP contribution in [0.1, 0.15) is 0 Å². The first-order chi connectivity index (χ1) is 10.2. The number of nitrogens with two attached hydrogens (primary N) is 1. The molecule has 0 aliphatic rings. The average Bonchev–Trinajstić information content (AvgIpc) is 2.49. The largest absolute Gasteiger partial charge is 0.337 e. The van der Waals surface area contributed by atoms with E-state index in [0.29, 0.717) is 10.8 Å². The van der Waals surface area contributed by atoms with Crippen molar-refractivity contribution in [3.63, 3.8) is 0 Å². The number of para-hydroxylation sites is 1. The molecule has 0 unspecified atom stereocenters. The fraction of sp³-hybridized carbons (Fsp3) is 0. The maximum Gasteiger partial charge on any atom is 0.239 e. The molecule has 0 saturated carbocycles. The normalized spacial score (nSPS) is 10.6. The minimum Gasteiger partial charge on any atom is -0.337 e. The van der Waals surface area contributed by atoms with Gasteiger partial charge in [0.1, 0.15) is 5.02 Å². The van der Waals surface area contributed by atoms with Crippen LogP contribution in [-0.4, -0.2) is 15.0 Å². The predicted octanol–water partition coefficient (Wildman–Crippen LogP) is 3.47. The molecule has 0 fully saturated rings. The summed E-state index contributed by atoms with van der Waals surface area (Å²) in [5, 5.41) is 4.54. The molecular formula is C13H10BrClN6. The van der Waals surface area contributed by atoms with Gasteiger partial charge in [-0.15, -0.1) is 0 Å². The topological polar surface area (TPSA) is 88.8 Å². The molecule has 0 amide bonds. The summed E-state index contributed by atoms with van der Waals surface area (Å²) in [6.07, 6.45) is 3.21. The highest BCUT2D eigenvalue weighted by atomic mass is 79.9. The lowest BCUT2D eigenvalue weighted by Gasteiger charge is -2.10. The molecule has 0 radical (unpaired) electrons. The number of fused-ring (bicyclic) bond motifs is 1. The van der Waals surface area contributed by atoms with Crippen LogP contribution in [0.15, 0.2) is 41.1 Å². The minimum absolute atomic E-state index is 0.276. The number of hydrazine groups is 1. The summed E-state index contributed by atoms with van der Waals surface area (Å²) >= 11 is 9.50. The van der Waals surface area contributed by atoms with E-state index in [0.717, 1.165) is 21.1 Å². The molecule has 0 bridgehead atoms. The summed E-state index contributed by atoms with van der Waals surface area (Å²) in [6.45, 7) is 0. The van der Waals surface area contributed by atoms with Crippen LogP contribution in [0.3, 0.4) is 0 Å². The molecule has 0 atom stereocenters. The Hall–Kier alpha value is -1.96. The molecule has 0 saturated heterocycles. The third kappa shape index (κ3) is 2.90. The first-order valence-electron chi connectivity index (χ1n) is 5.98. The molecule has 106 valence electrons. The van der Waals surface area contributed by atoms with E-state index in [4.69, 9.17) is 17.4 Å². The summed E-state index contributed by atoms with van der Waals surface area (Å²) in [6, 6.07) is 7.79. The smallest absolute Gasteiger partial charge is 0.239 e. The van der Waals surface area contributed by atoms with Crippen LogP contribution in [0.25, 0.3) is 10.9 Å². The summed E-state index contributed by atoms with van der Waals surface area (Å²) in [5.74, 6) is 6.04. The van der Waals surface area contributed by atoms with Gasteiger partial charge in [0.2, 0.25) is 5.95 Å². The van der Waals surface area contributed by atoms with E-state index in [1.165, 1.54) is 6.20 Å². The maximum absolute atomic E-state index is 6.10. The monoisotopic (exact) mass is 364 g/mol. The minimum atomic E-state index is 0.276. The zero-order valence-corrected chi connectivity index (χ0v) is 13.0. The Morgan fingerprint density at radius 1 is 1.19 bits per heavy atom. The Bertz CT molecular complexity index is 810. The van der Waals surface area contributed by atoms with Gasteiger partial charge >= 0.3 is 0 Å². The van der Waals surface area contributed by atoms with Crippen LogP contribution < -0.4 is 16.6 Å². The standard InChI is InChI=1S/C13H10BrClN6/c14-8-4-7-2-1-3-10(11(7)17-5-8)19-12-9(15)6-18-13(20-12)21-16/h1-6H,16H2,(H2,18,19,20,21). The Balaban J connectivity index is 2.06. The number of benzene rings is 1. The Morgan fingerprint density at radius 3 is 2.86 bits per heavy atom. The molecule has 0 aliphatic heterocycles. The van der Waals surface area contributed by atoms with E-state index >= 15 is 0 Å². The molecule has 2 heterocycles. The van der Waals surface area contributed by atoms with Crippen LogP contribution in [0.2, 0.25) is 5.02 Å². The van der Waals surface area contributed by atoms with E-state index in [1.807, 2.05) is 24.3 Å². The molecule has 0 spiro atoms. The van der Waals surface area contributed by atoms with Crippen molar-refractivity contribution in [1.82, 2.24) is 15.0 Å². The van der Waals surface area contributed by atoms with E-state index in [-0.39, 0.29) is 5.95 Å². The van der Waals surface area contributed by atoms with E-state index in [1.54, 1.807) is 6.20 Å². The van der Waals surface area contributed by atoms with Gasteiger partial charge in [-0.3, -0.25) is 10.4 Å². The number of halogens is 2. The Kier molecular flexibility index (Phi) is 3.87. The zero-order valence-electron chi connectivity index (χ0n) is 10.6. The van der Waals surface area contributed by atoms with Crippen molar-refractivity contribution in [3.05, 3.63) is 46.2 Å². The number of hydrogen-bond donors (Lipinski definition) is 3. The number of pyridine rings is 1. The van der Waals surface area contributed by atoms with Gasteiger partial charge in [-0.1, -0.05) is 23.7 Å². The van der Waals surface area contributed by atoms with Crippen LogP contribution in [-0.2, 0) is 0 Å². The third-order valence-corrected chi connectivity index (χ3v) is 3.51. The lowest BCUT2D eigenvalue weighted by Crippen LogP contribution is -2.11. The molecule has 8 heteroatoms. The van der Waals surface area contributed by atoms with Gasteiger partial charge < -0.3 is 5.32 Å². The van der Waals surface area contributed by atoms with E-state index in [9.17, 15) is 0 Å². The molecule has 3 rings (SSSR count). The highest BCUT2D eigenvalue weighted by Crippen LogP contribution is 2.29. The highest BCUT2D eigenvalue weighted by Gasteiger charge is 2.08. The molecular weight excluding hydrogens is 356 g/mol. The predicted molar refractivity (Wildman–Crippen MR) is 87.6 cm³/mol. The lowest BCUT2D eigenvalue weighted by molar-refractivity contribution is 1.12. The second-order valence-corrected chi connectivity index (χ2v) is 5.51. The first-order valence-corrected chi connectivity index (χ1v) is 7.15. The van der Waals surface area contributed by atoms with Crippen LogP contribution in [0, 0.1) is 0 Å².